The molecule has 138 valence electrons. The van der Waals surface area contributed by atoms with Crippen molar-refractivity contribution in [2.75, 3.05) is 13.1 Å². The van der Waals surface area contributed by atoms with Crippen molar-refractivity contribution in [3.8, 4) is 0 Å². The average molecular weight is 354 g/mol. The van der Waals surface area contributed by atoms with E-state index in [1.54, 1.807) is 0 Å². The van der Waals surface area contributed by atoms with Crippen LogP contribution < -0.4 is 5.73 Å². The Bertz CT molecular complexity index is 737. The zero-order chi connectivity index (χ0) is 17.9. The number of pyridine rings is 1. The lowest BCUT2D eigenvalue weighted by molar-refractivity contribution is 0.0781. The van der Waals surface area contributed by atoms with Crippen molar-refractivity contribution in [3.63, 3.8) is 0 Å². The topological polar surface area (TPSA) is 89.9 Å². The molecule has 2 fully saturated rings. The number of carbonyl (C=O) groups excluding carboxylic acids is 1. The largest absolute Gasteiger partial charge is 0.337 e. The van der Waals surface area contributed by atoms with Crippen LogP contribution in [0.15, 0.2) is 30.6 Å². The molecule has 0 radical (unpaired) electrons. The molecule has 0 bridgehead atoms. The van der Waals surface area contributed by atoms with Gasteiger partial charge in [0.05, 0.1) is 12.2 Å². The molecule has 2 N–H and O–H groups in total. The van der Waals surface area contributed by atoms with E-state index in [1.165, 1.54) is 0 Å². The fraction of sp³-hybridized carbons (Fsp3) is 0.579. The van der Waals surface area contributed by atoms with Gasteiger partial charge < -0.3 is 10.6 Å². The van der Waals surface area contributed by atoms with Gasteiger partial charge in [0.15, 0.2) is 5.69 Å². The molecule has 2 aliphatic rings. The summed E-state index contributed by atoms with van der Waals surface area (Å²) >= 11 is 0. The minimum atomic E-state index is -0.00715. The first-order valence-corrected chi connectivity index (χ1v) is 9.55. The fourth-order valence-corrected chi connectivity index (χ4v) is 4.08. The number of likely N-dealkylation sites (tertiary alicyclic amines) is 1. The Morgan fingerprint density at radius 3 is 2.81 bits per heavy atom. The summed E-state index contributed by atoms with van der Waals surface area (Å²) in [7, 11) is 0. The van der Waals surface area contributed by atoms with Gasteiger partial charge in [-0.3, -0.25) is 9.78 Å². The number of hydrogen-bond acceptors (Lipinski definition) is 5. The Kier molecular flexibility index (Phi) is 4.97. The Balaban J connectivity index is 1.35. The van der Waals surface area contributed by atoms with Gasteiger partial charge in [-0.15, -0.1) is 5.10 Å². The normalized spacial score (nSPS) is 26.2. The first-order chi connectivity index (χ1) is 12.7. The second kappa shape index (κ2) is 7.53. The molecule has 2 aromatic rings. The molecule has 1 aliphatic heterocycles. The number of nitrogens with two attached hydrogens (primary N) is 1. The standard InChI is InChI=1S/C19H26N6O/c20-15-4-6-17(7-5-15)25-13-18(22-23-25)19(26)24-10-8-14(12-24)11-16-3-1-2-9-21-16/h1-3,9,13-15,17H,4-8,10-12,20H2. The van der Waals surface area contributed by atoms with Gasteiger partial charge in [0, 0.05) is 31.0 Å². The molecule has 2 aromatic heterocycles. The van der Waals surface area contributed by atoms with E-state index in [1.807, 2.05) is 40.2 Å². The lowest BCUT2D eigenvalue weighted by atomic mass is 9.92. The number of carbonyl (C=O) groups is 1. The van der Waals surface area contributed by atoms with E-state index in [-0.39, 0.29) is 5.91 Å². The molecule has 1 saturated carbocycles. The van der Waals surface area contributed by atoms with E-state index in [4.69, 9.17) is 5.73 Å². The molecule has 4 rings (SSSR count). The van der Waals surface area contributed by atoms with E-state index >= 15 is 0 Å². The van der Waals surface area contributed by atoms with Gasteiger partial charge >= 0.3 is 0 Å². The van der Waals surface area contributed by atoms with Crippen LogP contribution in [0.3, 0.4) is 0 Å². The van der Waals surface area contributed by atoms with Gasteiger partial charge in [-0.25, -0.2) is 4.68 Å². The maximum atomic E-state index is 12.8. The van der Waals surface area contributed by atoms with Gasteiger partial charge in [-0.1, -0.05) is 11.3 Å². The predicted octanol–water partition coefficient (Wildman–Crippen LogP) is 1.82. The van der Waals surface area contributed by atoms with Gasteiger partial charge in [-0.2, -0.15) is 0 Å². The number of amides is 1. The predicted molar refractivity (Wildman–Crippen MR) is 97.5 cm³/mol. The van der Waals surface area contributed by atoms with Crippen LogP contribution >= 0.6 is 0 Å². The molecule has 0 spiro atoms. The zero-order valence-electron chi connectivity index (χ0n) is 15.0. The van der Waals surface area contributed by atoms with Crippen molar-refractivity contribution in [2.45, 2.75) is 50.6 Å². The van der Waals surface area contributed by atoms with E-state index in [0.29, 0.717) is 23.7 Å². The lowest BCUT2D eigenvalue weighted by Gasteiger charge is -2.25. The van der Waals surface area contributed by atoms with Crippen LogP contribution in [-0.4, -0.2) is 49.9 Å². The molecule has 7 nitrogen and oxygen atoms in total. The van der Waals surface area contributed by atoms with E-state index in [9.17, 15) is 4.79 Å². The maximum Gasteiger partial charge on any atom is 0.276 e. The maximum absolute atomic E-state index is 12.8. The monoisotopic (exact) mass is 354 g/mol. The first-order valence-electron chi connectivity index (χ1n) is 9.55. The van der Waals surface area contributed by atoms with Crippen LogP contribution in [-0.2, 0) is 6.42 Å². The summed E-state index contributed by atoms with van der Waals surface area (Å²) in [5, 5.41) is 8.35. The summed E-state index contributed by atoms with van der Waals surface area (Å²) in [6, 6.07) is 6.61. The summed E-state index contributed by atoms with van der Waals surface area (Å²) < 4.78 is 1.86. The van der Waals surface area contributed by atoms with Crippen LogP contribution in [0.1, 0.15) is 54.3 Å². The van der Waals surface area contributed by atoms with Crippen molar-refractivity contribution in [2.24, 2.45) is 11.7 Å². The van der Waals surface area contributed by atoms with Gasteiger partial charge in [0.2, 0.25) is 0 Å². The van der Waals surface area contributed by atoms with Crippen LogP contribution in [0.2, 0.25) is 0 Å². The van der Waals surface area contributed by atoms with Gasteiger partial charge in [0.25, 0.3) is 5.91 Å². The number of rotatable bonds is 4. The van der Waals surface area contributed by atoms with Crippen molar-refractivity contribution >= 4 is 5.91 Å². The smallest absolute Gasteiger partial charge is 0.276 e. The molecular formula is C19H26N6O. The molecule has 1 atom stereocenters. The van der Waals surface area contributed by atoms with E-state index in [2.05, 4.69) is 15.3 Å². The molecular weight excluding hydrogens is 328 g/mol. The third-order valence-corrected chi connectivity index (χ3v) is 5.64. The van der Waals surface area contributed by atoms with Crippen LogP contribution in [0.5, 0.6) is 0 Å². The average Bonchev–Trinajstić information content (AvgIpc) is 3.33. The summed E-state index contributed by atoms with van der Waals surface area (Å²) in [5.74, 6) is 0.455. The number of nitrogens with zero attached hydrogens (tertiary/aromatic N) is 5. The third-order valence-electron chi connectivity index (χ3n) is 5.64. The van der Waals surface area contributed by atoms with Crippen molar-refractivity contribution in [1.29, 1.82) is 0 Å². The summed E-state index contributed by atoms with van der Waals surface area (Å²) in [4.78, 5) is 19.1. The summed E-state index contributed by atoms with van der Waals surface area (Å²) in [6.07, 6.45) is 9.60. The molecule has 3 heterocycles. The Morgan fingerprint density at radius 1 is 1.19 bits per heavy atom. The highest BCUT2D eigenvalue weighted by Gasteiger charge is 2.29. The SMILES string of the molecule is NC1CCC(n2cc(C(=O)N3CCC(Cc4ccccn4)C3)nn2)CC1. The lowest BCUT2D eigenvalue weighted by Crippen LogP contribution is -2.29. The highest BCUT2D eigenvalue weighted by atomic mass is 16.2. The number of hydrogen-bond donors (Lipinski definition) is 1. The van der Waals surface area contributed by atoms with Gasteiger partial charge in [0.1, 0.15) is 0 Å². The van der Waals surface area contributed by atoms with Crippen LogP contribution in [0, 0.1) is 5.92 Å². The summed E-state index contributed by atoms with van der Waals surface area (Å²) in [5.41, 5.74) is 7.52. The van der Waals surface area contributed by atoms with E-state index in [0.717, 1.165) is 57.3 Å². The van der Waals surface area contributed by atoms with Crippen molar-refractivity contribution in [3.05, 3.63) is 42.0 Å². The molecule has 0 aromatic carbocycles. The Labute approximate surface area is 153 Å². The Morgan fingerprint density at radius 2 is 2.04 bits per heavy atom. The highest BCUT2D eigenvalue weighted by molar-refractivity contribution is 5.92. The van der Waals surface area contributed by atoms with Crippen molar-refractivity contribution in [1.82, 2.24) is 24.9 Å². The summed E-state index contributed by atoms with van der Waals surface area (Å²) in [6.45, 7) is 1.54. The molecule has 1 saturated heterocycles. The second-order valence-corrected chi connectivity index (χ2v) is 7.58. The van der Waals surface area contributed by atoms with Crippen LogP contribution in [0.25, 0.3) is 0 Å². The molecule has 7 heteroatoms. The van der Waals surface area contributed by atoms with Gasteiger partial charge in [-0.05, 0) is 56.6 Å². The molecule has 1 aliphatic carbocycles. The molecule has 1 amide bonds. The van der Waals surface area contributed by atoms with E-state index < -0.39 is 0 Å². The molecule has 1 unspecified atom stereocenters. The number of aromatic nitrogens is 4. The van der Waals surface area contributed by atoms with Crippen molar-refractivity contribution < 1.29 is 4.79 Å². The Hall–Kier alpha value is -2.28. The fourth-order valence-electron chi connectivity index (χ4n) is 4.08. The minimum Gasteiger partial charge on any atom is -0.337 e. The second-order valence-electron chi connectivity index (χ2n) is 7.58. The minimum absolute atomic E-state index is 0.00715. The first kappa shape index (κ1) is 17.1. The quantitative estimate of drug-likeness (QED) is 0.904. The highest BCUT2D eigenvalue weighted by Crippen LogP contribution is 2.27. The molecule has 26 heavy (non-hydrogen) atoms. The zero-order valence-corrected chi connectivity index (χ0v) is 15.0. The van der Waals surface area contributed by atoms with Crippen LogP contribution in [0.4, 0.5) is 0 Å². The third kappa shape index (κ3) is 3.77.